The van der Waals surface area contributed by atoms with Gasteiger partial charge in [-0.15, -0.1) is 0 Å². The highest BCUT2D eigenvalue weighted by atomic mass is 35.5. The fourth-order valence-electron chi connectivity index (χ4n) is 3.28. The lowest BCUT2D eigenvalue weighted by atomic mass is 9.94. The molecule has 6 nitrogen and oxygen atoms in total. The molecule has 2 heterocycles. The molecule has 144 valence electrons. The van der Waals surface area contributed by atoms with Gasteiger partial charge in [-0.05, 0) is 42.9 Å². The zero-order valence-electron chi connectivity index (χ0n) is 15.1. The number of aryl methyl sites for hydroxylation is 1. The van der Waals surface area contributed by atoms with E-state index >= 15 is 0 Å². The second kappa shape index (κ2) is 8.76. The van der Waals surface area contributed by atoms with Gasteiger partial charge in [-0.3, -0.25) is 14.3 Å². The van der Waals surface area contributed by atoms with Crippen molar-refractivity contribution in [2.24, 2.45) is 5.92 Å². The molecule has 1 atom stereocenters. The summed E-state index contributed by atoms with van der Waals surface area (Å²) in [6.07, 6.45) is 3.91. The zero-order valence-corrected chi connectivity index (χ0v) is 16.6. The first-order valence-electron chi connectivity index (χ1n) is 8.95. The highest BCUT2D eigenvalue weighted by Gasteiger charge is 2.25. The Labute approximate surface area is 168 Å². The van der Waals surface area contributed by atoms with Crippen LogP contribution in [0.3, 0.4) is 0 Å². The molecule has 8 heteroatoms. The summed E-state index contributed by atoms with van der Waals surface area (Å²) in [4.78, 5) is 23.7. The number of hydrogen-bond donors (Lipinski definition) is 2. The molecule has 3 rings (SSSR count). The van der Waals surface area contributed by atoms with Gasteiger partial charge in [-0.25, -0.2) is 0 Å². The summed E-state index contributed by atoms with van der Waals surface area (Å²) in [6, 6.07) is 5.35. The van der Waals surface area contributed by atoms with Crippen molar-refractivity contribution in [2.75, 3.05) is 13.1 Å². The number of aromatic nitrogens is 2. The zero-order chi connectivity index (χ0) is 19.4. The van der Waals surface area contributed by atoms with Gasteiger partial charge in [0.15, 0.2) is 0 Å². The summed E-state index contributed by atoms with van der Waals surface area (Å²) in [6.45, 7) is 3.36. The fourth-order valence-corrected chi connectivity index (χ4v) is 3.78. The van der Waals surface area contributed by atoms with Crippen LogP contribution in [0, 0.1) is 5.92 Å². The summed E-state index contributed by atoms with van der Waals surface area (Å²) in [7, 11) is 0. The van der Waals surface area contributed by atoms with E-state index in [-0.39, 0.29) is 11.8 Å². The van der Waals surface area contributed by atoms with Crippen molar-refractivity contribution in [3.05, 3.63) is 51.3 Å². The van der Waals surface area contributed by atoms with Crippen molar-refractivity contribution in [3.63, 3.8) is 0 Å². The molecule has 2 amide bonds. The van der Waals surface area contributed by atoms with E-state index in [0.717, 1.165) is 30.6 Å². The maximum atomic E-state index is 12.6. The molecule has 1 aliphatic heterocycles. The van der Waals surface area contributed by atoms with Gasteiger partial charge < -0.3 is 10.6 Å². The third-order valence-corrected chi connectivity index (χ3v) is 5.35. The van der Waals surface area contributed by atoms with Crippen LogP contribution >= 0.6 is 23.2 Å². The van der Waals surface area contributed by atoms with E-state index in [2.05, 4.69) is 15.7 Å². The van der Waals surface area contributed by atoms with Gasteiger partial charge in [-0.1, -0.05) is 29.3 Å². The van der Waals surface area contributed by atoms with E-state index < -0.39 is 0 Å². The lowest BCUT2D eigenvalue weighted by Gasteiger charge is -2.24. The molecule has 1 unspecified atom stereocenters. The smallest absolute Gasteiger partial charge is 0.254 e. The van der Waals surface area contributed by atoms with E-state index in [1.807, 2.05) is 10.7 Å². The molecule has 1 aromatic carbocycles. The first-order valence-corrected chi connectivity index (χ1v) is 9.71. The molecule has 0 saturated heterocycles. The topological polar surface area (TPSA) is 76.0 Å². The number of amides is 2. The number of nitrogens with zero attached hydrogens (tertiary/aromatic N) is 2. The van der Waals surface area contributed by atoms with Crippen LogP contribution in [0.2, 0.25) is 10.0 Å². The largest absolute Gasteiger partial charge is 0.356 e. The number of halogens is 2. The van der Waals surface area contributed by atoms with E-state index in [1.54, 1.807) is 18.3 Å². The molecule has 0 bridgehead atoms. The first kappa shape index (κ1) is 19.7. The van der Waals surface area contributed by atoms with Crippen molar-refractivity contribution in [2.45, 2.75) is 32.7 Å². The van der Waals surface area contributed by atoms with Crippen LogP contribution in [0.5, 0.6) is 0 Å². The molecular weight excluding hydrogens is 387 g/mol. The van der Waals surface area contributed by atoms with Crippen LogP contribution in [0.25, 0.3) is 0 Å². The monoisotopic (exact) mass is 408 g/mol. The molecule has 1 aliphatic rings. The number of fused-ring (bicyclic) bond motifs is 1. The SMILES string of the molecule is CC(=O)NCC1CCn2ncc(C(=O)NCCc3ccc(Cl)cc3Cl)c2C1. The van der Waals surface area contributed by atoms with Gasteiger partial charge in [0.2, 0.25) is 5.91 Å². The average molecular weight is 409 g/mol. The third-order valence-electron chi connectivity index (χ3n) is 4.76. The van der Waals surface area contributed by atoms with Crippen LogP contribution < -0.4 is 10.6 Å². The van der Waals surface area contributed by atoms with Crippen LogP contribution in [0.4, 0.5) is 0 Å². The predicted molar refractivity (Wildman–Crippen MR) is 105 cm³/mol. The van der Waals surface area contributed by atoms with Crippen molar-refractivity contribution < 1.29 is 9.59 Å². The second-order valence-corrected chi connectivity index (χ2v) is 7.61. The highest BCUT2D eigenvalue weighted by Crippen LogP contribution is 2.23. The van der Waals surface area contributed by atoms with Gasteiger partial charge in [0.1, 0.15) is 0 Å². The molecule has 2 N–H and O–H groups in total. The summed E-state index contributed by atoms with van der Waals surface area (Å²) in [5, 5.41) is 11.3. The minimum Gasteiger partial charge on any atom is -0.356 e. The normalized spacial score (nSPS) is 15.9. The molecule has 27 heavy (non-hydrogen) atoms. The van der Waals surface area contributed by atoms with Crippen molar-refractivity contribution in [3.8, 4) is 0 Å². The fraction of sp³-hybridized carbons (Fsp3) is 0.421. The molecular formula is C19H22Cl2N4O2. The highest BCUT2D eigenvalue weighted by molar-refractivity contribution is 6.35. The Kier molecular flexibility index (Phi) is 6.39. The number of hydrogen-bond acceptors (Lipinski definition) is 3. The number of carbonyl (C=O) groups is 2. The van der Waals surface area contributed by atoms with Gasteiger partial charge in [0.05, 0.1) is 17.5 Å². The Balaban J connectivity index is 1.58. The Bertz CT molecular complexity index is 850. The lowest BCUT2D eigenvalue weighted by molar-refractivity contribution is -0.119. The summed E-state index contributed by atoms with van der Waals surface area (Å²) in [5.41, 5.74) is 2.47. The van der Waals surface area contributed by atoms with Crippen LogP contribution in [0.15, 0.2) is 24.4 Å². The third kappa shape index (κ3) is 5.02. The Morgan fingerprint density at radius 2 is 2.11 bits per heavy atom. The second-order valence-electron chi connectivity index (χ2n) is 6.77. The molecule has 1 aromatic heterocycles. The first-order chi connectivity index (χ1) is 12.9. The molecule has 0 aliphatic carbocycles. The quantitative estimate of drug-likeness (QED) is 0.771. The maximum absolute atomic E-state index is 12.6. The lowest BCUT2D eigenvalue weighted by Crippen LogP contribution is -2.33. The standard InChI is InChI=1S/C19H22Cl2N4O2/c1-12(26)23-10-13-5-7-25-18(8-13)16(11-24-25)19(27)22-6-4-14-2-3-15(20)9-17(14)21/h2-3,9,11,13H,4-8,10H2,1H3,(H,22,27)(H,23,26). The van der Waals surface area contributed by atoms with Crippen molar-refractivity contribution in [1.82, 2.24) is 20.4 Å². The number of nitrogens with one attached hydrogen (secondary N) is 2. The van der Waals surface area contributed by atoms with Crippen LogP contribution in [-0.2, 0) is 24.2 Å². The van der Waals surface area contributed by atoms with Gasteiger partial charge in [0.25, 0.3) is 5.91 Å². The minimum atomic E-state index is -0.137. The van der Waals surface area contributed by atoms with Crippen LogP contribution in [0.1, 0.15) is 35.0 Å². The summed E-state index contributed by atoms with van der Waals surface area (Å²) >= 11 is 12.1. The van der Waals surface area contributed by atoms with Gasteiger partial charge in [0, 0.05) is 36.6 Å². The average Bonchev–Trinajstić information content (AvgIpc) is 3.05. The predicted octanol–water partition coefficient (Wildman–Crippen LogP) is 2.86. The number of rotatable bonds is 6. The molecule has 2 aromatic rings. The number of benzene rings is 1. The molecule has 0 spiro atoms. The number of carbonyl (C=O) groups excluding carboxylic acids is 2. The maximum Gasteiger partial charge on any atom is 0.254 e. The molecule has 0 radical (unpaired) electrons. The van der Waals surface area contributed by atoms with Gasteiger partial charge in [-0.2, -0.15) is 5.10 Å². The summed E-state index contributed by atoms with van der Waals surface area (Å²) in [5.74, 6) is 0.145. The van der Waals surface area contributed by atoms with Crippen molar-refractivity contribution in [1.29, 1.82) is 0 Å². The minimum absolute atomic E-state index is 0.0343. The summed E-state index contributed by atoms with van der Waals surface area (Å²) < 4.78 is 1.88. The van der Waals surface area contributed by atoms with E-state index in [0.29, 0.717) is 41.0 Å². The van der Waals surface area contributed by atoms with E-state index in [1.165, 1.54) is 6.92 Å². The van der Waals surface area contributed by atoms with Gasteiger partial charge >= 0.3 is 0 Å². The Morgan fingerprint density at radius 3 is 2.85 bits per heavy atom. The Hall–Kier alpha value is -2.05. The van der Waals surface area contributed by atoms with E-state index in [9.17, 15) is 9.59 Å². The van der Waals surface area contributed by atoms with E-state index in [4.69, 9.17) is 23.2 Å². The molecule has 0 saturated carbocycles. The Morgan fingerprint density at radius 1 is 1.30 bits per heavy atom. The van der Waals surface area contributed by atoms with Crippen LogP contribution in [-0.4, -0.2) is 34.7 Å². The molecule has 0 fully saturated rings. The van der Waals surface area contributed by atoms with Crippen molar-refractivity contribution >= 4 is 35.0 Å².